The highest BCUT2D eigenvalue weighted by Crippen LogP contribution is 2.31. The van der Waals surface area contributed by atoms with Crippen LogP contribution in [0.3, 0.4) is 0 Å². The van der Waals surface area contributed by atoms with E-state index in [1.54, 1.807) is 17.0 Å². The molecule has 1 aromatic heterocycles. The van der Waals surface area contributed by atoms with Gasteiger partial charge < -0.3 is 20.1 Å². The molecule has 2 aliphatic rings. The number of carboxylic acid groups (broad SMARTS) is 1. The smallest absolute Gasteiger partial charge is 0.404 e. The van der Waals surface area contributed by atoms with Gasteiger partial charge in [-0.25, -0.2) is 9.78 Å². The number of carbonyl (C=O) groups is 2. The third-order valence-electron chi connectivity index (χ3n) is 4.27. The molecule has 1 saturated heterocycles. The lowest BCUT2D eigenvalue weighted by atomic mass is 10.1. The molecule has 130 valence electrons. The fourth-order valence-electron chi connectivity index (χ4n) is 3.00. The van der Waals surface area contributed by atoms with E-state index in [0.29, 0.717) is 22.7 Å². The maximum Gasteiger partial charge on any atom is 0.404 e. The maximum absolute atomic E-state index is 12.2. The zero-order valence-electron chi connectivity index (χ0n) is 13.1. The normalized spacial score (nSPS) is 18.9. The number of piperidine rings is 1. The van der Waals surface area contributed by atoms with E-state index < -0.39 is 6.09 Å². The lowest BCUT2D eigenvalue weighted by molar-refractivity contribution is -0.121. The highest BCUT2D eigenvalue weighted by Gasteiger charge is 2.28. The number of fused-ring (bicyclic) bond motifs is 1. The number of carbonyl (C=O) groups excluding carboxylic acids is 1. The lowest BCUT2D eigenvalue weighted by Gasteiger charge is -2.34. The van der Waals surface area contributed by atoms with Crippen molar-refractivity contribution in [1.82, 2.24) is 15.2 Å². The number of likely N-dealkylation sites (tertiary alicyclic amines) is 1. The number of aromatic nitrogens is 1. The molecule has 0 unspecified atom stereocenters. The fourth-order valence-corrected chi connectivity index (χ4v) is 3.30. The van der Waals surface area contributed by atoms with Crippen LogP contribution in [-0.4, -0.2) is 65.8 Å². The second-order valence-electron chi connectivity index (χ2n) is 5.86. The first kappa shape index (κ1) is 17.0. The summed E-state index contributed by atoms with van der Waals surface area (Å²) in [5.41, 5.74) is 0. The van der Waals surface area contributed by atoms with E-state index in [9.17, 15) is 9.59 Å². The van der Waals surface area contributed by atoms with E-state index in [-0.39, 0.29) is 18.6 Å². The minimum absolute atomic E-state index is 0.0158. The van der Waals surface area contributed by atoms with Crippen molar-refractivity contribution in [2.75, 3.05) is 37.7 Å². The molecule has 2 amide bonds. The van der Waals surface area contributed by atoms with Crippen LogP contribution < -0.4 is 15.0 Å². The van der Waals surface area contributed by atoms with Gasteiger partial charge in [0.15, 0.2) is 18.2 Å². The van der Waals surface area contributed by atoms with Crippen LogP contribution in [-0.2, 0) is 4.79 Å². The molecule has 0 radical (unpaired) electrons. The van der Waals surface area contributed by atoms with Crippen LogP contribution in [0.15, 0.2) is 16.7 Å². The molecule has 3 heterocycles. The van der Waals surface area contributed by atoms with Gasteiger partial charge in [-0.2, -0.15) is 0 Å². The molecule has 2 N–H and O–H groups in total. The van der Waals surface area contributed by atoms with Crippen LogP contribution in [0.2, 0.25) is 0 Å². The van der Waals surface area contributed by atoms with Gasteiger partial charge in [0.25, 0.3) is 5.91 Å². The minimum Gasteiger partial charge on any atom is -0.480 e. The topological polar surface area (TPSA) is 95.0 Å². The quantitative estimate of drug-likeness (QED) is 0.742. The molecule has 1 aromatic rings. The predicted octanol–water partition coefficient (Wildman–Crippen LogP) is 1.30. The second kappa shape index (κ2) is 7.35. The van der Waals surface area contributed by atoms with Crippen molar-refractivity contribution in [2.45, 2.75) is 18.9 Å². The third kappa shape index (κ3) is 3.96. The molecule has 0 aliphatic carbocycles. The third-order valence-corrected chi connectivity index (χ3v) is 4.71. The Morgan fingerprint density at radius 3 is 2.83 bits per heavy atom. The van der Waals surface area contributed by atoms with E-state index in [4.69, 9.17) is 9.84 Å². The Labute approximate surface area is 147 Å². The lowest BCUT2D eigenvalue weighted by Crippen LogP contribution is -2.48. The van der Waals surface area contributed by atoms with Crippen LogP contribution in [0.25, 0.3) is 0 Å². The maximum atomic E-state index is 12.2. The van der Waals surface area contributed by atoms with Crippen molar-refractivity contribution >= 4 is 33.7 Å². The summed E-state index contributed by atoms with van der Waals surface area (Å²) < 4.78 is 6.07. The van der Waals surface area contributed by atoms with Crippen LogP contribution in [0, 0.1) is 0 Å². The van der Waals surface area contributed by atoms with Crippen molar-refractivity contribution < 1.29 is 19.4 Å². The zero-order valence-corrected chi connectivity index (χ0v) is 14.7. The molecule has 2 aliphatic heterocycles. The van der Waals surface area contributed by atoms with E-state index in [0.717, 1.165) is 32.5 Å². The fraction of sp³-hybridized carbons (Fsp3) is 0.533. The van der Waals surface area contributed by atoms with Crippen LogP contribution in [0.1, 0.15) is 12.8 Å². The number of nitrogens with one attached hydrogen (secondary N) is 1. The Morgan fingerprint density at radius 1 is 1.38 bits per heavy atom. The van der Waals surface area contributed by atoms with Gasteiger partial charge in [-0.15, -0.1) is 0 Å². The first-order valence-corrected chi connectivity index (χ1v) is 8.64. The van der Waals surface area contributed by atoms with Crippen molar-refractivity contribution in [1.29, 1.82) is 0 Å². The summed E-state index contributed by atoms with van der Waals surface area (Å²) in [6.07, 6.45) is 0.591. The summed E-state index contributed by atoms with van der Waals surface area (Å²) in [5, 5.41) is 11.3. The second-order valence-corrected chi connectivity index (χ2v) is 6.67. The number of hydrogen-bond acceptors (Lipinski definition) is 5. The van der Waals surface area contributed by atoms with Gasteiger partial charge in [0.1, 0.15) is 4.60 Å². The molecule has 0 aromatic carbocycles. The van der Waals surface area contributed by atoms with Crippen LogP contribution in [0.4, 0.5) is 10.6 Å². The molecule has 0 bridgehead atoms. The van der Waals surface area contributed by atoms with Crippen molar-refractivity contribution in [2.24, 2.45) is 0 Å². The van der Waals surface area contributed by atoms with Crippen LogP contribution >= 0.6 is 15.9 Å². The Kier molecular flexibility index (Phi) is 5.20. The van der Waals surface area contributed by atoms with E-state index in [1.165, 1.54) is 0 Å². The van der Waals surface area contributed by atoms with Gasteiger partial charge in [-0.1, -0.05) is 0 Å². The highest BCUT2D eigenvalue weighted by molar-refractivity contribution is 9.10. The summed E-state index contributed by atoms with van der Waals surface area (Å²) in [7, 11) is 0. The van der Waals surface area contributed by atoms with Gasteiger partial charge in [-0.3, -0.25) is 9.69 Å². The van der Waals surface area contributed by atoms with E-state index >= 15 is 0 Å². The van der Waals surface area contributed by atoms with Gasteiger partial charge in [0.05, 0.1) is 0 Å². The molecule has 0 atom stereocenters. The summed E-state index contributed by atoms with van der Waals surface area (Å²) in [6, 6.07) is 3.60. The number of rotatable bonds is 4. The molecule has 0 saturated carbocycles. The highest BCUT2D eigenvalue weighted by atomic mass is 79.9. The number of anilines is 1. The van der Waals surface area contributed by atoms with Crippen LogP contribution in [0.5, 0.6) is 5.75 Å². The number of nitrogens with zero attached hydrogens (tertiary/aromatic N) is 3. The molecule has 24 heavy (non-hydrogen) atoms. The first-order chi connectivity index (χ1) is 11.5. The largest absolute Gasteiger partial charge is 0.480 e. The van der Waals surface area contributed by atoms with Crippen molar-refractivity contribution in [3.8, 4) is 5.75 Å². The molecular weight excluding hydrogens is 380 g/mol. The SMILES string of the molecule is O=C(O)NC1CCN(CCN2C(=O)COc3ccc(Br)nc32)CC1. The molecule has 3 rings (SSSR count). The Hall–Kier alpha value is -1.87. The monoisotopic (exact) mass is 398 g/mol. The Balaban J connectivity index is 1.57. The average molecular weight is 399 g/mol. The number of halogens is 1. The van der Waals surface area contributed by atoms with Crippen molar-refractivity contribution in [3.63, 3.8) is 0 Å². The Bertz CT molecular complexity index is 634. The first-order valence-electron chi connectivity index (χ1n) is 7.84. The molecule has 9 heteroatoms. The zero-order chi connectivity index (χ0) is 17.1. The summed E-state index contributed by atoms with van der Waals surface area (Å²) in [4.78, 5) is 31.1. The Morgan fingerprint density at radius 2 is 2.12 bits per heavy atom. The number of hydrogen-bond donors (Lipinski definition) is 2. The van der Waals surface area contributed by atoms with E-state index in [1.807, 2.05) is 0 Å². The molecular formula is C15H19BrN4O4. The molecule has 0 spiro atoms. The predicted molar refractivity (Wildman–Crippen MR) is 90.4 cm³/mol. The van der Waals surface area contributed by atoms with E-state index in [2.05, 4.69) is 31.1 Å². The number of pyridine rings is 1. The average Bonchev–Trinajstić information content (AvgIpc) is 2.55. The van der Waals surface area contributed by atoms with Gasteiger partial charge >= 0.3 is 6.09 Å². The molecule has 1 fully saturated rings. The summed E-state index contributed by atoms with van der Waals surface area (Å²) in [6.45, 7) is 2.90. The molecule has 8 nitrogen and oxygen atoms in total. The van der Waals surface area contributed by atoms with Gasteiger partial charge in [-0.05, 0) is 40.9 Å². The van der Waals surface area contributed by atoms with Gasteiger partial charge in [0.2, 0.25) is 0 Å². The van der Waals surface area contributed by atoms with Gasteiger partial charge in [0, 0.05) is 32.2 Å². The number of ether oxygens (including phenoxy) is 1. The van der Waals surface area contributed by atoms with Crippen molar-refractivity contribution in [3.05, 3.63) is 16.7 Å². The standard InChI is InChI=1S/C15H19BrN4O4/c16-12-2-1-11-14(18-12)20(13(21)9-24-11)8-7-19-5-3-10(4-6-19)17-15(22)23/h1-2,10,17H,3-9H2,(H,22,23). The summed E-state index contributed by atoms with van der Waals surface area (Å²) >= 11 is 3.32. The number of amides is 2. The minimum atomic E-state index is -0.972. The summed E-state index contributed by atoms with van der Waals surface area (Å²) in [5.74, 6) is 1.06.